The van der Waals surface area contributed by atoms with Gasteiger partial charge in [-0.15, -0.1) is 13.2 Å². The highest BCUT2D eigenvalue weighted by Crippen LogP contribution is 2.23. The molecule has 0 N–H and O–H groups in total. The van der Waals surface area contributed by atoms with Crippen LogP contribution in [0.4, 0.5) is 13.2 Å². The van der Waals surface area contributed by atoms with Gasteiger partial charge in [-0.1, -0.05) is 0 Å². The van der Waals surface area contributed by atoms with E-state index in [-0.39, 0.29) is 11.3 Å². The number of aromatic nitrogens is 1. The average Bonchev–Trinajstić information content (AvgIpc) is 2.33. The van der Waals surface area contributed by atoms with Crippen molar-refractivity contribution >= 4 is 0 Å². The molecule has 0 fully saturated rings. The van der Waals surface area contributed by atoms with Crippen LogP contribution >= 0.6 is 0 Å². The van der Waals surface area contributed by atoms with Gasteiger partial charge in [-0.25, -0.2) is 0 Å². The van der Waals surface area contributed by atoms with Crippen LogP contribution in [-0.2, 0) is 0 Å². The van der Waals surface area contributed by atoms with E-state index in [1.807, 2.05) is 13.8 Å². The van der Waals surface area contributed by atoms with Crippen molar-refractivity contribution in [1.82, 2.24) is 4.57 Å². The Hall–Kier alpha value is -2.24. The molecule has 1 aromatic carbocycles. The standard InChI is InChI=1S/C14H12F3NO2/c1-9-7-13(19)18(8-10(9)2)11-3-5-12(6-4-11)20-14(15,16)17/h3-8H,1-2H3. The van der Waals surface area contributed by atoms with Gasteiger partial charge in [-0.3, -0.25) is 9.36 Å². The van der Waals surface area contributed by atoms with Crippen LogP contribution in [0.5, 0.6) is 5.75 Å². The molecule has 6 heteroatoms. The molecule has 0 aliphatic rings. The molecule has 0 unspecified atom stereocenters. The zero-order chi connectivity index (χ0) is 14.9. The lowest BCUT2D eigenvalue weighted by atomic mass is 10.2. The van der Waals surface area contributed by atoms with Gasteiger partial charge in [0.2, 0.25) is 0 Å². The van der Waals surface area contributed by atoms with Crippen LogP contribution in [0.3, 0.4) is 0 Å². The Morgan fingerprint density at radius 3 is 2.20 bits per heavy atom. The summed E-state index contributed by atoms with van der Waals surface area (Å²) >= 11 is 0. The molecule has 0 atom stereocenters. The van der Waals surface area contributed by atoms with Crippen molar-refractivity contribution in [1.29, 1.82) is 0 Å². The number of hydrogen-bond donors (Lipinski definition) is 0. The minimum absolute atomic E-state index is 0.238. The largest absolute Gasteiger partial charge is 0.573 e. The Balaban J connectivity index is 2.36. The molecule has 1 heterocycles. The van der Waals surface area contributed by atoms with Crippen molar-refractivity contribution in [3.8, 4) is 11.4 Å². The fourth-order valence-corrected chi connectivity index (χ4v) is 1.74. The predicted molar refractivity (Wildman–Crippen MR) is 68.2 cm³/mol. The fraction of sp³-hybridized carbons (Fsp3) is 0.214. The number of halogens is 3. The SMILES string of the molecule is Cc1cc(=O)n(-c2ccc(OC(F)(F)F)cc2)cc1C. The smallest absolute Gasteiger partial charge is 0.406 e. The van der Waals surface area contributed by atoms with Crippen molar-refractivity contribution in [2.24, 2.45) is 0 Å². The lowest BCUT2D eigenvalue weighted by Gasteiger charge is -2.11. The van der Waals surface area contributed by atoms with Crippen molar-refractivity contribution in [3.63, 3.8) is 0 Å². The number of alkyl halides is 3. The van der Waals surface area contributed by atoms with E-state index in [0.29, 0.717) is 5.69 Å². The summed E-state index contributed by atoms with van der Waals surface area (Å²) in [5.74, 6) is -0.321. The van der Waals surface area contributed by atoms with Crippen LogP contribution in [0, 0.1) is 13.8 Å². The van der Waals surface area contributed by atoms with Crippen LogP contribution in [0.25, 0.3) is 5.69 Å². The van der Waals surface area contributed by atoms with E-state index in [0.717, 1.165) is 11.1 Å². The second-order valence-corrected chi connectivity index (χ2v) is 4.39. The Morgan fingerprint density at radius 1 is 1.05 bits per heavy atom. The van der Waals surface area contributed by atoms with E-state index in [1.54, 1.807) is 6.20 Å². The topological polar surface area (TPSA) is 31.2 Å². The molecule has 0 saturated heterocycles. The molecule has 0 saturated carbocycles. The maximum atomic E-state index is 12.0. The number of benzene rings is 1. The van der Waals surface area contributed by atoms with Gasteiger partial charge < -0.3 is 4.74 Å². The van der Waals surface area contributed by atoms with Crippen LogP contribution in [-0.4, -0.2) is 10.9 Å². The lowest BCUT2D eigenvalue weighted by molar-refractivity contribution is -0.274. The molecule has 2 rings (SSSR count). The molecule has 0 bridgehead atoms. The molecule has 2 aromatic rings. The highest BCUT2D eigenvalue weighted by atomic mass is 19.4. The molecule has 0 radical (unpaired) electrons. The summed E-state index contributed by atoms with van der Waals surface area (Å²) < 4.78 is 41.3. The number of aryl methyl sites for hydroxylation is 2. The predicted octanol–water partition coefficient (Wildman–Crippen LogP) is 3.35. The van der Waals surface area contributed by atoms with Gasteiger partial charge in [-0.2, -0.15) is 0 Å². The number of rotatable bonds is 2. The van der Waals surface area contributed by atoms with Gasteiger partial charge in [0.15, 0.2) is 0 Å². The number of ether oxygens (including phenoxy) is 1. The summed E-state index contributed by atoms with van der Waals surface area (Å²) in [6.07, 6.45) is -3.07. The first kappa shape index (κ1) is 14.2. The quantitative estimate of drug-likeness (QED) is 0.846. The van der Waals surface area contributed by atoms with E-state index in [9.17, 15) is 18.0 Å². The highest BCUT2D eigenvalue weighted by molar-refractivity contribution is 5.39. The highest BCUT2D eigenvalue weighted by Gasteiger charge is 2.30. The van der Waals surface area contributed by atoms with E-state index in [4.69, 9.17) is 0 Å². The van der Waals surface area contributed by atoms with Gasteiger partial charge >= 0.3 is 6.36 Å². The maximum absolute atomic E-state index is 12.0. The molecule has 0 spiro atoms. The van der Waals surface area contributed by atoms with Gasteiger partial charge in [0.1, 0.15) is 5.75 Å². The first-order valence-corrected chi connectivity index (χ1v) is 5.82. The third kappa shape index (κ3) is 3.20. The summed E-state index contributed by atoms with van der Waals surface area (Å²) in [5.41, 5.74) is 2.02. The molecule has 0 aliphatic heterocycles. The zero-order valence-electron chi connectivity index (χ0n) is 10.9. The molecule has 1 aromatic heterocycles. The summed E-state index contributed by atoms with van der Waals surface area (Å²) in [7, 11) is 0. The minimum atomic E-state index is -4.72. The fourth-order valence-electron chi connectivity index (χ4n) is 1.74. The van der Waals surface area contributed by atoms with Gasteiger partial charge in [0.25, 0.3) is 5.56 Å². The average molecular weight is 283 g/mol. The Morgan fingerprint density at radius 2 is 1.65 bits per heavy atom. The van der Waals surface area contributed by atoms with Crippen LogP contribution in [0.1, 0.15) is 11.1 Å². The van der Waals surface area contributed by atoms with E-state index < -0.39 is 6.36 Å². The van der Waals surface area contributed by atoms with E-state index in [2.05, 4.69) is 4.74 Å². The first-order valence-electron chi connectivity index (χ1n) is 5.82. The second-order valence-electron chi connectivity index (χ2n) is 4.39. The molecule has 0 aliphatic carbocycles. The van der Waals surface area contributed by atoms with Gasteiger partial charge in [0, 0.05) is 18.0 Å². The third-order valence-corrected chi connectivity index (χ3v) is 2.87. The maximum Gasteiger partial charge on any atom is 0.573 e. The monoisotopic (exact) mass is 283 g/mol. The molecule has 106 valence electrons. The Labute approximate surface area is 113 Å². The summed E-state index contributed by atoms with van der Waals surface area (Å²) in [6.45, 7) is 3.67. The summed E-state index contributed by atoms with van der Waals surface area (Å²) in [5, 5.41) is 0. The van der Waals surface area contributed by atoms with Crippen LogP contribution in [0.2, 0.25) is 0 Å². The van der Waals surface area contributed by atoms with Crippen molar-refractivity contribution < 1.29 is 17.9 Å². The van der Waals surface area contributed by atoms with Crippen molar-refractivity contribution in [2.45, 2.75) is 20.2 Å². The second kappa shape index (κ2) is 5.03. The van der Waals surface area contributed by atoms with Crippen LogP contribution < -0.4 is 10.3 Å². The zero-order valence-corrected chi connectivity index (χ0v) is 10.9. The van der Waals surface area contributed by atoms with E-state index >= 15 is 0 Å². The third-order valence-electron chi connectivity index (χ3n) is 2.87. The Bertz CT molecular complexity index is 672. The van der Waals surface area contributed by atoms with Crippen molar-refractivity contribution in [3.05, 3.63) is 58.0 Å². The number of pyridine rings is 1. The molecular formula is C14H12F3NO2. The van der Waals surface area contributed by atoms with Gasteiger partial charge in [-0.05, 0) is 49.2 Å². The molecule has 0 amide bonds. The molecular weight excluding hydrogens is 271 g/mol. The first-order chi connectivity index (χ1) is 9.26. The normalized spacial score (nSPS) is 11.4. The van der Waals surface area contributed by atoms with Gasteiger partial charge in [0.05, 0.1) is 0 Å². The van der Waals surface area contributed by atoms with Crippen LogP contribution in [0.15, 0.2) is 41.3 Å². The minimum Gasteiger partial charge on any atom is -0.406 e. The number of hydrogen-bond acceptors (Lipinski definition) is 2. The lowest BCUT2D eigenvalue weighted by Crippen LogP contribution is -2.19. The molecule has 3 nitrogen and oxygen atoms in total. The Kier molecular flexibility index (Phi) is 3.57. The molecule has 20 heavy (non-hydrogen) atoms. The number of nitrogens with zero attached hydrogens (tertiary/aromatic N) is 1. The van der Waals surface area contributed by atoms with E-state index in [1.165, 1.54) is 34.9 Å². The summed E-state index contributed by atoms with van der Waals surface area (Å²) in [6, 6.07) is 6.62. The summed E-state index contributed by atoms with van der Waals surface area (Å²) in [4.78, 5) is 11.9. The van der Waals surface area contributed by atoms with Crippen molar-refractivity contribution in [2.75, 3.05) is 0 Å².